The Kier molecular flexibility index (Phi) is 2.20. The molecule has 0 aliphatic carbocycles. The number of aromatic nitrogens is 2. The average Bonchev–Trinajstić information content (AvgIpc) is 1.88. The van der Waals surface area contributed by atoms with Gasteiger partial charge in [0.05, 0.1) is 17.6 Å². The Bertz CT molecular complexity index is 210. The number of nitrogens with zero attached hydrogens (tertiary/aromatic N) is 2. The molecule has 1 rings (SSSR count). The molecule has 0 amide bonds. The monoisotopic (exact) mass is 137 g/mol. The second-order valence-corrected chi connectivity index (χ2v) is 2.23. The van der Waals surface area contributed by atoms with E-state index in [-0.39, 0.29) is 0 Å². The quantitative estimate of drug-likeness (QED) is 0.661. The van der Waals surface area contributed by atoms with Crippen molar-refractivity contribution in [1.82, 2.24) is 10.2 Å². The highest BCUT2D eigenvalue weighted by Crippen LogP contribution is 2.02. The summed E-state index contributed by atoms with van der Waals surface area (Å²) in [5.74, 6) is 0. The number of nitrogen functional groups attached to an aromatic ring is 1. The number of nitrogens with two attached hydrogens (primary N) is 1. The van der Waals surface area contributed by atoms with E-state index in [4.69, 9.17) is 5.73 Å². The second kappa shape index (κ2) is 3.15. The Morgan fingerprint density at radius 3 is 3.00 bits per heavy atom. The third kappa shape index (κ3) is 1.69. The summed E-state index contributed by atoms with van der Waals surface area (Å²) in [5.41, 5.74) is 7.15. The van der Waals surface area contributed by atoms with Crippen LogP contribution in [0.4, 0.5) is 5.69 Å². The fourth-order valence-corrected chi connectivity index (χ4v) is 0.807. The van der Waals surface area contributed by atoms with Crippen LogP contribution in [0.5, 0.6) is 0 Å². The molecule has 0 spiro atoms. The zero-order valence-electron chi connectivity index (χ0n) is 6.04. The van der Waals surface area contributed by atoms with Crippen LogP contribution in [0.2, 0.25) is 0 Å². The maximum absolute atomic E-state index is 5.49. The van der Waals surface area contributed by atoms with Crippen molar-refractivity contribution in [2.75, 3.05) is 5.73 Å². The van der Waals surface area contributed by atoms with E-state index < -0.39 is 0 Å². The molecule has 2 N–H and O–H groups in total. The summed E-state index contributed by atoms with van der Waals surface area (Å²) >= 11 is 0. The summed E-state index contributed by atoms with van der Waals surface area (Å²) in [5, 5.41) is 7.63. The summed E-state index contributed by atoms with van der Waals surface area (Å²) in [6, 6.07) is 1.86. The fraction of sp³-hybridized carbons (Fsp3) is 0.429. The largest absolute Gasteiger partial charge is 0.397 e. The van der Waals surface area contributed by atoms with E-state index in [0.717, 1.165) is 18.5 Å². The average molecular weight is 137 g/mol. The van der Waals surface area contributed by atoms with Gasteiger partial charge in [-0.25, -0.2) is 0 Å². The molecule has 1 heterocycles. The lowest BCUT2D eigenvalue weighted by atomic mass is 10.2. The van der Waals surface area contributed by atoms with E-state index >= 15 is 0 Å². The van der Waals surface area contributed by atoms with Gasteiger partial charge in [0, 0.05) is 0 Å². The SMILES string of the molecule is CCCc1cc(N)cnn1. The molecule has 0 unspecified atom stereocenters. The van der Waals surface area contributed by atoms with Crippen LogP contribution in [0.25, 0.3) is 0 Å². The van der Waals surface area contributed by atoms with Gasteiger partial charge in [0.25, 0.3) is 0 Å². The van der Waals surface area contributed by atoms with Crippen molar-refractivity contribution in [2.24, 2.45) is 0 Å². The van der Waals surface area contributed by atoms with Crippen molar-refractivity contribution in [1.29, 1.82) is 0 Å². The van der Waals surface area contributed by atoms with Gasteiger partial charge >= 0.3 is 0 Å². The Morgan fingerprint density at radius 1 is 1.60 bits per heavy atom. The van der Waals surface area contributed by atoms with Crippen molar-refractivity contribution < 1.29 is 0 Å². The van der Waals surface area contributed by atoms with Gasteiger partial charge in [-0.05, 0) is 12.5 Å². The first-order valence-corrected chi connectivity index (χ1v) is 3.40. The molecule has 1 aromatic heterocycles. The minimum absolute atomic E-state index is 0.693. The number of anilines is 1. The molecular weight excluding hydrogens is 126 g/mol. The van der Waals surface area contributed by atoms with Gasteiger partial charge in [-0.15, -0.1) is 0 Å². The lowest BCUT2D eigenvalue weighted by Gasteiger charge is -1.95. The van der Waals surface area contributed by atoms with Gasteiger partial charge < -0.3 is 5.73 Å². The van der Waals surface area contributed by atoms with Crippen LogP contribution in [-0.2, 0) is 6.42 Å². The van der Waals surface area contributed by atoms with Crippen LogP contribution in [0.15, 0.2) is 12.3 Å². The zero-order chi connectivity index (χ0) is 7.40. The predicted octanol–water partition coefficient (Wildman–Crippen LogP) is 1.01. The number of hydrogen-bond acceptors (Lipinski definition) is 3. The molecule has 0 atom stereocenters. The minimum atomic E-state index is 0.693. The van der Waals surface area contributed by atoms with Gasteiger partial charge in [0.2, 0.25) is 0 Å². The summed E-state index contributed by atoms with van der Waals surface area (Å²) in [7, 11) is 0. The van der Waals surface area contributed by atoms with Crippen molar-refractivity contribution in [2.45, 2.75) is 19.8 Å². The third-order valence-electron chi connectivity index (χ3n) is 1.23. The van der Waals surface area contributed by atoms with E-state index in [1.165, 1.54) is 0 Å². The molecule has 0 aliphatic heterocycles. The van der Waals surface area contributed by atoms with Crippen molar-refractivity contribution in [3.63, 3.8) is 0 Å². The maximum Gasteiger partial charge on any atom is 0.0726 e. The molecule has 0 fully saturated rings. The van der Waals surface area contributed by atoms with E-state index in [2.05, 4.69) is 17.1 Å². The van der Waals surface area contributed by atoms with Gasteiger partial charge in [-0.3, -0.25) is 0 Å². The number of hydrogen-bond donors (Lipinski definition) is 1. The van der Waals surface area contributed by atoms with E-state index in [1.54, 1.807) is 6.20 Å². The van der Waals surface area contributed by atoms with Crippen LogP contribution < -0.4 is 5.73 Å². The molecule has 54 valence electrons. The smallest absolute Gasteiger partial charge is 0.0726 e. The molecule has 0 saturated heterocycles. The molecule has 10 heavy (non-hydrogen) atoms. The highest BCUT2D eigenvalue weighted by atomic mass is 15.1. The molecule has 3 heteroatoms. The first-order valence-electron chi connectivity index (χ1n) is 3.40. The first kappa shape index (κ1) is 6.99. The van der Waals surface area contributed by atoms with Gasteiger partial charge in [-0.1, -0.05) is 13.3 Å². The lowest BCUT2D eigenvalue weighted by molar-refractivity contribution is 0.840. The van der Waals surface area contributed by atoms with Crippen molar-refractivity contribution >= 4 is 5.69 Å². The standard InChI is InChI=1S/C7H11N3/c1-2-3-7-4-6(8)5-9-10-7/h4-5H,2-3H2,1H3,(H2,8,10). The zero-order valence-corrected chi connectivity index (χ0v) is 6.04. The molecular formula is C7H11N3. The molecule has 0 radical (unpaired) electrons. The Labute approximate surface area is 60.3 Å². The third-order valence-corrected chi connectivity index (χ3v) is 1.23. The molecule has 0 aromatic carbocycles. The molecule has 0 aliphatic rings. The Morgan fingerprint density at radius 2 is 2.40 bits per heavy atom. The van der Waals surface area contributed by atoms with Gasteiger partial charge in [-0.2, -0.15) is 10.2 Å². The summed E-state index contributed by atoms with van der Waals surface area (Å²) in [6.07, 6.45) is 3.59. The fourth-order valence-electron chi connectivity index (χ4n) is 0.807. The first-order chi connectivity index (χ1) is 4.83. The predicted molar refractivity (Wildman–Crippen MR) is 40.4 cm³/mol. The van der Waals surface area contributed by atoms with Crippen molar-refractivity contribution in [3.8, 4) is 0 Å². The molecule has 0 saturated carbocycles. The van der Waals surface area contributed by atoms with E-state index in [1.807, 2.05) is 6.07 Å². The topological polar surface area (TPSA) is 51.8 Å². The van der Waals surface area contributed by atoms with Crippen LogP contribution in [-0.4, -0.2) is 10.2 Å². The summed E-state index contributed by atoms with van der Waals surface area (Å²) in [4.78, 5) is 0. The van der Waals surface area contributed by atoms with Crippen LogP contribution in [0.1, 0.15) is 19.0 Å². The van der Waals surface area contributed by atoms with Crippen LogP contribution in [0, 0.1) is 0 Å². The second-order valence-electron chi connectivity index (χ2n) is 2.23. The van der Waals surface area contributed by atoms with Gasteiger partial charge in [0.1, 0.15) is 0 Å². The van der Waals surface area contributed by atoms with Gasteiger partial charge in [0.15, 0.2) is 0 Å². The normalized spacial score (nSPS) is 9.70. The highest BCUT2D eigenvalue weighted by molar-refractivity contribution is 5.34. The minimum Gasteiger partial charge on any atom is -0.397 e. The van der Waals surface area contributed by atoms with Crippen molar-refractivity contribution in [3.05, 3.63) is 18.0 Å². The summed E-state index contributed by atoms with van der Waals surface area (Å²) in [6.45, 7) is 2.10. The molecule has 1 aromatic rings. The van der Waals surface area contributed by atoms with E-state index in [0.29, 0.717) is 5.69 Å². The highest BCUT2D eigenvalue weighted by Gasteiger charge is 1.92. The lowest BCUT2D eigenvalue weighted by Crippen LogP contribution is -1.94. The van der Waals surface area contributed by atoms with Crippen LogP contribution >= 0.6 is 0 Å². The summed E-state index contributed by atoms with van der Waals surface area (Å²) < 4.78 is 0. The van der Waals surface area contributed by atoms with E-state index in [9.17, 15) is 0 Å². The number of rotatable bonds is 2. The molecule has 0 bridgehead atoms. The maximum atomic E-state index is 5.49. The Balaban J connectivity index is 2.75. The Hall–Kier alpha value is -1.12. The number of aryl methyl sites for hydroxylation is 1. The molecule has 3 nitrogen and oxygen atoms in total. The van der Waals surface area contributed by atoms with Crippen LogP contribution in [0.3, 0.4) is 0 Å².